The Bertz CT molecular complexity index is 1300. The molecule has 1 saturated heterocycles. The number of ether oxygens (including phenoxy) is 2. The molecule has 0 amide bonds. The van der Waals surface area contributed by atoms with Crippen molar-refractivity contribution in [1.82, 2.24) is 4.90 Å². The van der Waals surface area contributed by atoms with Gasteiger partial charge >= 0.3 is 0 Å². The first kappa shape index (κ1) is 19.1. The van der Waals surface area contributed by atoms with Crippen LogP contribution < -0.4 is 14.9 Å². The standard InChI is InChI=1S/C22H21NO6S/c1-27-19-5-3-2-4-15(19)18-11-28-22-16(21(18)24)6-7-20-17(22)10-23(13-29-20)14-8-9-30(25,26)12-14/h2-7,11,14H,8-10,12-13H2,1H3/t14-/m0/s1. The summed E-state index contributed by atoms with van der Waals surface area (Å²) >= 11 is 0. The summed E-state index contributed by atoms with van der Waals surface area (Å²) in [6.07, 6.45) is 2.05. The maximum Gasteiger partial charge on any atom is 0.200 e. The highest BCUT2D eigenvalue weighted by Gasteiger charge is 2.35. The number of hydrogen-bond donors (Lipinski definition) is 0. The fourth-order valence-corrected chi connectivity index (χ4v) is 6.04. The van der Waals surface area contributed by atoms with Gasteiger partial charge in [-0.05, 0) is 24.6 Å². The lowest BCUT2D eigenvalue weighted by molar-refractivity contribution is 0.0649. The minimum Gasteiger partial charge on any atom is -0.496 e. The first-order valence-corrected chi connectivity index (χ1v) is 11.6. The molecule has 8 heteroatoms. The maximum absolute atomic E-state index is 13.3. The highest BCUT2D eigenvalue weighted by atomic mass is 32.2. The summed E-state index contributed by atoms with van der Waals surface area (Å²) in [6, 6.07) is 10.7. The van der Waals surface area contributed by atoms with Crippen LogP contribution >= 0.6 is 0 Å². The van der Waals surface area contributed by atoms with Crippen LogP contribution in [0, 0.1) is 0 Å². The monoisotopic (exact) mass is 427 g/mol. The Morgan fingerprint density at radius 3 is 2.73 bits per heavy atom. The SMILES string of the molecule is COc1ccccc1-c1coc2c3c(ccc2c1=O)OCN([C@H]1CCS(=O)(=O)C1)C3. The summed E-state index contributed by atoms with van der Waals surface area (Å²) in [6.45, 7) is 0.798. The minimum atomic E-state index is -3.00. The molecule has 7 nitrogen and oxygen atoms in total. The van der Waals surface area contributed by atoms with E-state index < -0.39 is 9.84 Å². The van der Waals surface area contributed by atoms with Gasteiger partial charge in [-0.15, -0.1) is 0 Å². The average Bonchev–Trinajstić information content (AvgIpc) is 3.13. The molecular formula is C22H21NO6S. The second-order valence-electron chi connectivity index (χ2n) is 7.67. The van der Waals surface area contributed by atoms with Gasteiger partial charge in [0, 0.05) is 18.2 Å². The number of sulfone groups is 1. The molecular weight excluding hydrogens is 406 g/mol. The van der Waals surface area contributed by atoms with Crippen LogP contribution in [0.4, 0.5) is 0 Å². The number of benzene rings is 2. The van der Waals surface area contributed by atoms with Crippen LogP contribution in [0.15, 0.2) is 51.9 Å². The van der Waals surface area contributed by atoms with E-state index in [0.717, 1.165) is 5.56 Å². The second kappa shape index (κ2) is 7.14. The molecule has 3 heterocycles. The molecule has 156 valence electrons. The third kappa shape index (κ3) is 3.16. The summed E-state index contributed by atoms with van der Waals surface area (Å²) in [4.78, 5) is 15.3. The molecule has 0 N–H and O–H groups in total. The van der Waals surface area contributed by atoms with Crippen LogP contribution in [-0.2, 0) is 16.4 Å². The van der Waals surface area contributed by atoms with E-state index in [1.54, 1.807) is 25.3 Å². The van der Waals surface area contributed by atoms with Gasteiger partial charge in [-0.25, -0.2) is 8.42 Å². The van der Waals surface area contributed by atoms with Crippen LogP contribution in [0.1, 0.15) is 12.0 Å². The van der Waals surface area contributed by atoms with Crippen molar-refractivity contribution in [2.45, 2.75) is 19.0 Å². The molecule has 3 aromatic rings. The first-order chi connectivity index (χ1) is 14.5. The molecule has 2 aromatic carbocycles. The molecule has 0 spiro atoms. The van der Waals surface area contributed by atoms with Crippen LogP contribution in [-0.4, -0.2) is 44.7 Å². The number of methoxy groups -OCH3 is 1. The predicted molar refractivity (Wildman–Crippen MR) is 113 cm³/mol. The Kier molecular flexibility index (Phi) is 4.56. The summed E-state index contributed by atoms with van der Waals surface area (Å²) in [5, 5.41) is 0.460. The molecule has 1 aromatic heterocycles. The van der Waals surface area contributed by atoms with E-state index >= 15 is 0 Å². The van der Waals surface area contributed by atoms with Crippen molar-refractivity contribution in [2.75, 3.05) is 25.3 Å². The Hall–Kier alpha value is -2.84. The number of nitrogens with zero attached hydrogens (tertiary/aromatic N) is 1. The minimum absolute atomic E-state index is 0.0852. The van der Waals surface area contributed by atoms with Crippen molar-refractivity contribution >= 4 is 20.8 Å². The van der Waals surface area contributed by atoms with Crippen molar-refractivity contribution in [3.8, 4) is 22.6 Å². The predicted octanol–water partition coefficient (Wildman–Crippen LogP) is 2.81. The topological polar surface area (TPSA) is 86.1 Å². The molecule has 0 radical (unpaired) electrons. The summed E-state index contributed by atoms with van der Waals surface area (Å²) in [5.74, 6) is 1.60. The highest BCUT2D eigenvalue weighted by Crippen LogP contribution is 2.35. The normalized spacial score (nSPS) is 20.6. The zero-order valence-electron chi connectivity index (χ0n) is 16.5. The second-order valence-corrected chi connectivity index (χ2v) is 9.90. The summed E-state index contributed by atoms with van der Waals surface area (Å²) in [5.41, 5.74) is 2.19. The third-order valence-corrected chi connectivity index (χ3v) is 7.62. The number of hydrogen-bond acceptors (Lipinski definition) is 7. The summed E-state index contributed by atoms with van der Waals surface area (Å²) < 4.78 is 40.9. The Balaban J connectivity index is 1.57. The zero-order chi connectivity index (χ0) is 20.9. The first-order valence-electron chi connectivity index (χ1n) is 9.75. The highest BCUT2D eigenvalue weighted by molar-refractivity contribution is 7.91. The van der Waals surface area contributed by atoms with E-state index in [-0.39, 0.29) is 23.0 Å². The van der Waals surface area contributed by atoms with Crippen LogP contribution in [0.5, 0.6) is 11.5 Å². The van der Waals surface area contributed by atoms with E-state index in [1.807, 2.05) is 23.1 Å². The van der Waals surface area contributed by atoms with E-state index in [2.05, 4.69) is 0 Å². The zero-order valence-corrected chi connectivity index (χ0v) is 17.3. The van der Waals surface area contributed by atoms with Crippen LogP contribution in [0.25, 0.3) is 22.1 Å². The van der Waals surface area contributed by atoms with Gasteiger partial charge in [0.05, 0.1) is 35.1 Å². The van der Waals surface area contributed by atoms with Crippen molar-refractivity contribution in [3.63, 3.8) is 0 Å². The van der Waals surface area contributed by atoms with Crippen molar-refractivity contribution in [1.29, 1.82) is 0 Å². The van der Waals surface area contributed by atoms with Crippen molar-refractivity contribution < 1.29 is 22.3 Å². The van der Waals surface area contributed by atoms with E-state index in [4.69, 9.17) is 13.9 Å². The van der Waals surface area contributed by atoms with Gasteiger partial charge in [-0.3, -0.25) is 9.69 Å². The van der Waals surface area contributed by atoms with Crippen molar-refractivity contribution in [2.24, 2.45) is 0 Å². The number of rotatable bonds is 3. The van der Waals surface area contributed by atoms with E-state index in [1.165, 1.54) is 6.26 Å². The van der Waals surface area contributed by atoms with E-state index in [9.17, 15) is 13.2 Å². The van der Waals surface area contributed by atoms with Crippen LogP contribution in [0.3, 0.4) is 0 Å². The van der Waals surface area contributed by atoms with Gasteiger partial charge < -0.3 is 13.9 Å². The molecule has 1 fully saturated rings. The molecule has 0 aliphatic carbocycles. The molecule has 30 heavy (non-hydrogen) atoms. The average molecular weight is 427 g/mol. The Morgan fingerprint density at radius 1 is 1.13 bits per heavy atom. The van der Waals surface area contributed by atoms with E-state index in [0.29, 0.717) is 53.3 Å². The Morgan fingerprint density at radius 2 is 1.97 bits per heavy atom. The van der Waals surface area contributed by atoms with Crippen molar-refractivity contribution in [3.05, 3.63) is 58.4 Å². The fourth-order valence-electron chi connectivity index (χ4n) is 4.28. The van der Waals surface area contributed by atoms with Gasteiger partial charge in [-0.2, -0.15) is 0 Å². The molecule has 0 bridgehead atoms. The lowest BCUT2D eigenvalue weighted by Crippen LogP contribution is -2.41. The number of fused-ring (bicyclic) bond motifs is 3. The lowest BCUT2D eigenvalue weighted by Gasteiger charge is -2.33. The van der Waals surface area contributed by atoms with Gasteiger partial charge in [0.15, 0.2) is 9.84 Å². The quantitative estimate of drug-likeness (QED) is 0.635. The molecule has 1 atom stereocenters. The largest absolute Gasteiger partial charge is 0.496 e. The fraction of sp³-hybridized carbons (Fsp3) is 0.318. The molecule has 0 saturated carbocycles. The number of para-hydroxylation sites is 1. The van der Waals surface area contributed by atoms with Crippen LogP contribution in [0.2, 0.25) is 0 Å². The van der Waals surface area contributed by atoms with Gasteiger partial charge in [0.2, 0.25) is 5.43 Å². The van der Waals surface area contributed by atoms with Gasteiger partial charge in [0.25, 0.3) is 0 Å². The third-order valence-electron chi connectivity index (χ3n) is 5.87. The summed E-state index contributed by atoms with van der Waals surface area (Å²) in [7, 11) is -1.43. The molecule has 2 aliphatic heterocycles. The Labute approximate surface area is 173 Å². The molecule has 2 aliphatic rings. The van der Waals surface area contributed by atoms with Gasteiger partial charge in [0.1, 0.15) is 30.1 Å². The maximum atomic E-state index is 13.3. The lowest BCUT2D eigenvalue weighted by atomic mass is 10.0. The molecule has 5 rings (SSSR count). The molecule has 0 unspecified atom stereocenters. The van der Waals surface area contributed by atoms with Gasteiger partial charge in [-0.1, -0.05) is 18.2 Å². The smallest absolute Gasteiger partial charge is 0.200 e.